The zero-order valence-corrected chi connectivity index (χ0v) is 11.6. The van der Waals surface area contributed by atoms with E-state index in [-0.39, 0.29) is 5.78 Å². The highest BCUT2D eigenvalue weighted by molar-refractivity contribution is 7.18. The molecule has 17 heavy (non-hydrogen) atoms. The van der Waals surface area contributed by atoms with Crippen LogP contribution in [0.25, 0.3) is 0 Å². The topological polar surface area (TPSA) is 17.1 Å². The van der Waals surface area contributed by atoms with E-state index in [2.05, 4.69) is 0 Å². The summed E-state index contributed by atoms with van der Waals surface area (Å²) >= 11 is 7.36. The first-order valence-electron chi connectivity index (χ1n) is 5.37. The monoisotopic (exact) mass is 264 g/mol. The quantitative estimate of drug-likeness (QED) is 0.727. The lowest BCUT2D eigenvalue weighted by molar-refractivity contribution is 0.104. The van der Waals surface area contributed by atoms with E-state index in [4.69, 9.17) is 11.6 Å². The van der Waals surface area contributed by atoms with E-state index >= 15 is 0 Å². The highest BCUT2D eigenvalue weighted by atomic mass is 35.5. The van der Waals surface area contributed by atoms with Crippen molar-refractivity contribution >= 4 is 28.7 Å². The molecular weight excluding hydrogens is 252 g/mol. The maximum Gasteiger partial charge on any atom is 0.203 e. The molecule has 0 saturated heterocycles. The van der Waals surface area contributed by atoms with Crippen LogP contribution in [0.5, 0.6) is 0 Å². The minimum atomic E-state index is 0.0700. The molecule has 0 aliphatic heterocycles. The van der Waals surface area contributed by atoms with Crippen molar-refractivity contribution in [2.75, 3.05) is 0 Å². The van der Waals surface area contributed by atoms with Crippen molar-refractivity contribution in [3.8, 4) is 0 Å². The van der Waals surface area contributed by atoms with Gasteiger partial charge in [0.15, 0.2) is 0 Å². The second-order valence-corrected chi connectivity index (χ2v) is 5.82. The molecule has 0 atom stereocenters. The molecule has 1 aromatic carbocycles. The number of hydrogen-bond donors (Lipinski definition) is 0. The van der Waals surface area contributed by atoms with Crippen LogP contribution in [0.3, 0.4) is 0 Å². The van der Waals surface area contributed by atoms with E-state index in [1.807, 2.05) is 45.0 Å². The summed E-state index contributed by atoms with van der Waals surface area (Å²) in [7, 11) is 0. The molecule has 3 heteroatoms. The van der Waals surface area contributed by atoms with Crippen LogP contribution in [0.2, 0.25) is 4.34 Å². The average Bonchev–Trinajstić information content (AvgIpc) is 2.59. The maximum absolute atomic E-state index is 12.4. The molecule has 0 N–H and O–H groups in total. The van der Waals surface area contributed by atoms with Gasteiger partial charge in [-0.1, -0.05) is 29.8 Å². The van der Waals surface area contributed by atoms with Gasteiger partial charge in [-0.2, -0.15) is 0 Å². The van der Waals surface area contributed by atoms with E-state index in [0.717, 1.165) is 22.3 Å². The molecule has 0 unspecified atom stereocenters. The highest BCUT2D eigenvalue weighted by Gasteiger charge is 2.17. The van der Waals surface area contributed by atoms with Crippen LogP contribution < -0.4 is 0 Å². The average molecular weight is 265 g/mol. The van der Waals surface area contributed by atoms with E-state index < -0.39 is 0 Å². The summed E-state index contributed by atoms with van der Waals surface area (Å²) in [5.41, 5.74) is 3.78. The number of thiophene rings is 1. The van der Waals surface area contributed by atoms with Crippen molar-refractivity contribution in [2.45, 2.75) is 20.8 Å². The molecule has 0 bridgehead atoms. The molecule has 88 valence electrons. The van der Waals surface area contributed by atoms with E-state index in [1.54, 1.807) is 0 Å². The molecule has 0 fully saturated rings. The van der Waals surface area contributed by atoms with Gasteiger partial charge in [-0.3, -0.25) is 4.79 Å². The Bertz CT molecular complexity index is 544. The molecule has 1 heterocycles. The molecule has 0 spiro atoms. The third-order valence-electron chi connectivity index (χ3n) is 2.79. The number of hydrogen-bond acceptors (Lipinski definition) is 2. The lowest BCUT2D eigenvalue weighted by atomic mass is 9.98. The lowest BCUT2D eigenvalue weighted by Crippen LogP contribution is -2.04. The molecule has 2 rings (SSSR count). The molecule has 1 nitrogen and oxygen atoms in total. The Kier molecular flexibility index (Phi) is 3.36. The van der Waals surface area contributed by atoms with Crippen LogP contribution in [0.4, 0.5) is 0 Å². The Morgan fingerprint density at radius 1 is 1.12 bits per heavy atom. The predicted octanol–water partition coefficient (Wildman–Crippen LogP) is 4.56. The van der Waals surface area contributed by atoms with E-state index in [1.165, 1.54) is 11.3 Å². The first kappa shape index (κ1) is 12.3. The fourth-order valence-electron chi connectivity index (χ4n) is 1.87. The van der Waals surface area contributed by atoms with Gasteiger partial charge in [0.1, 0.15) is 0 Å². The molecule has 0 amide bonds. The minimum absolute atomic E-state index is 0.0700. The van der Waals surface area contributed by atoms with Crippen molar-refractivity contribution in [1.82, 2.24) is 0 Å². The number of halogens is 1. The Morgan fingerprint density at radius 3 is 2.18 bits per heavy atom. The normalized spacial score (nSPS) is 10.6. The van der Waals surface area contributed by atoms with Gasteiger partial charge in [0, 0.05) is 5.56 Å². The third-order valence-corrected chi connectivity index (χ3v) is 4.34. The van der Waals surface area contributed by atoms with Crippen molar-refractivity contribution in [3.63, 3.8) is 0 Å². The molecule has 0 aliphatic carbocycles. The predicted molar refractivity (Wildman–Crippen MR) is 73.4 cm³/mol. The third kappa shape index (κ3) is 2.28. The van der Waals surface area contributed by atoms with Crippen molar-refractivity contribution in [3.05, 3.63) is 55.7 Å². The van der Waals surface area contributed by atoms with Gasteiger partial charge in [-0.25, -0.2) is 0 Å². The minimum Gasteiger partial charge on any atom is -0.288 e. The number of ketones is 1. The standard InChI is InChI=1S/C14H13ClOS/c1-8-5-4-6-9(2)12(8)13(16)11-7-10(3)14(15)17-11/h4-7H,1-3H3. The molecule has 0 saturated carbocycles. The Morgan fingerprint density at radius 2 is 1.71 bits per heavy atom. The number of carbonyl (C=O) groups is 1. The van der Waals surface area contributed by atoms with Crippen LogP contribution >= 0.6 is 22.9 Å². The van der Waals surface area contributed by atoms with Crippen LogP contribution in [-0.4, -0.2) is 5.78 Å². The first-order chi connectivity index (χ1) is 8.00. The van der Waals surface area contributed by atoms with Crippen molar-refractivity contribution < 1.29 is 4.79 Å². The second kappa shape index (κ2) is 4.63. The van der Waals surface area contributed by atoms with Gasteiger partial charge >= 0.3 is 0 Å². The molecular formula is C14H13ClOS. The van der Waals surface area contributed by atoms with E-state index in [0.29, 0.717) is 9.21 Å². The molecule has 0 radical (unpaired) electrons. The van der Waals surface area contributed by atoms with Gasteiger partial charge < -0.3 is 0 Å². The Balaban J connectivity index is 2.51. The van der Waals surface area contributed by atoms with E-state index in [9.17, 15) is 4.79 Å². The van der Waals surface area contributed by atoms with Crippen LogP contribution in [0.1, 0.15) is 31.9 Å². The smallest absolute Gasteiger partial charge is 0.203 e. The van der Waals surface area contributed by atoms with Gasteiger partial charge in [0.2, 0.25) is 5.78 Å². The maximum atomic E-state index is 12.4. The zero-order valence-electron chi connectivity index (χ0n) is 10.0. The molecule has 0 aliphatic rings. The van der Waals surface area contributed by atoms with Crippen molar-refractivity contribution in [2.24, 2.45) is 0 Å². The van der Waals surface area contributed by atoms with Crippen LogP contribution in [0, 0.1) is 20.8 Å². The van der Waals surface area contributed by atoms with Crippen LogP contribution in [-0.2, 0) is 0 Å². The lowest BCUT2D eigenvalue weighted by Gasteiger charge is -2.06. The summed E-state index contributed by atoms with van der Waals surface area (Å²) in [5, 5.41) is 0. The zero-order chi connectivity index (χ0) is 12.6. The van der Waals surface area contributed by atoms with Gasteiger partial charge in [-0.05, 0) is 43.5 Å². The number of carbonyl (C=O) groups excluding carboxylic acids is 1. The second-order valence-electron chi connectivity index (χ2n) is 4.16. The first-order valence-corrected chi connectivity index (χ1v) is 6.57. The number of aryl methyl sites for hydroxylation is 3. The van der Waals surface area contributed by atoms with Gasteiger partial charge in [0.25, 0.3) is 0 Å². The molecule has 1 aromatic heterocycles. The summed E-state index contributed by atoms with van der Waals surface area (Å²) in [6.45, 7) is 5.84. The summed E-state index contributed by atoms with van der Waals surface area (Å²) in [5.74, 6) is 0.0700. The Labute approximate surface area is 110 Å². The van der Waals surface area contributed by atoms with Crippen molar-refractivity contribution in [1.29, 1.82) is 0 Å². The highest BCUT2D eigenvalue weighted by Crippen LogP contribution is 2.29. The van der Waals surface area contributed by atoms with Gasteiger partial charge in [-0.15, -0.1) is 11.3 Å². The summed E-state index contributed by atoms with van der Waals surface area (Å²) in [4.78, 5) is 13.1. The number of rotatable bonds is 2. The largest absolute Gasteiger partial charge is 0.288 e. The SMILES string of the molecule is Cc1cc(C(=O)c2c(C)cccc2C)sc1Cl. The van der Waals surface area contributed by atoms with Crippen LogP contribution in [0.15, 0.2) is 24.3 Å². The van der Waals surface area contributed by atoms with Gasteiger partial charge in [0.05, 0.1) is 9.21 Å². The number of benzene rings is 1. The summed E-state index contributed by atoms with van der Waals surface area (Å²) in [6.07, 6.45) is 0. The summed E-state index contributed by atoms with van der Waals surface area (Å²) < 4.78 is 0.694. The Hall–Kier alpha value is -1.12. The fraction of sp³-hybridized carbons (Fsp3) is 0.214. The summed E-state index contributed by atoms with van der Waals surface area (Å²) in [6, 6.07) is 7.75. The fourth-order valence-corrected chi connectivity index (χ4v) is 3.01. The molecule has 2 aromatic rings.